The van der Waals surface area contributed by atoms with E-state index in [0.717, 1.165) is 41.7 Å². The standard InChI is InChI=1S/C21H26O3S.C2H6/c1-21(14-5-3-2-4-6-14,15-8-10-18-19(12-15)25-18)24-20(22)13-7-9-16-17(11-13)23-16;1-2/h2-6,13,15-19H,7-12H2,1H3;1-2H3. The number of carbonyl (C=O) groups is 1. The Morgan fingerprint density at radius 2 is 1.81 bits per heavy atom. The van der Waals surface area contributed by atoms with Crippen LogP contribution in [0.4, 0.5) is 0 Å². The molecule has 3 nitrogen and oxygen atoms in total. The van der Waals surface area contributed by atoms with Crippen LogP contribution < -0.4 is 0 Å². The molecule has 5 rings (SSSR count). The van der Waals surface area contributed by atoms with Crippen LogP contribution >= 0.6 is 11.8 Å². The maximum Gasteiger partial charge on any atom is 0.309 e. The van der Waals surface area contributed by atoms with Gasteiger partial charge in [-0.1, -0.05) is 44.2 Å². The molecule has 7 unspecified atom stereocenters. The summed E-state index contributed by atoms with van der Waals surface area (Å²) in [6, 6.07) is 10.4. The summed E-state index contributed by atoms with van der Waals surface area (Å²) in [6.07, 6.45) is 7.10. The van der Waals surface area contributed by atoms with E-state index in [2.05, 4.69) is 43.0 Å². The monoisotopic (exact) mass is 388 g/mol. The summed E-state index contributed by atoms with van der Waals surface area (Å²) in [4.78, 5) is 13.0. The average Bonchev–Trinajstić information content (AvgIpc) is 3.63. The van der Waals surface area contributed by atoms with Crippen molar-refractivity contribution in [3.05, 3.63) is 35.9 Å². The molecular weight excluding hydrogens is 356 g/mol. The SMILES string of the molecule is CC.CC(OC(=O)C1CCC2OC2C1)(c1ccccc1)C1CCC2SC2C1. The predicted molar refractivity (Wildman–Crippen MR) is 110 cm³/mol. The molecule has 0 N–H and O–H groups in total. The molecule has 2 saturated carbocycles. The molecule has 1 aromatic rings. The van der Waals surface area contributed by atoms with Crippen molar-refractivity contribution in [2.45, 2.75) is 87.6 Å². The second-order valence-corrected chi connectivity index (χ2v) is 9.82. The number of thioether (sulfide) groups is 1. The van der Waals surface area contributed by atoms with Crippen LogP contribution in [0.5, 0.6) is 0 Å². The Balaban J connectivity index is 0.000000872. The Kier molecular flexibility index (Phi) is 5.57. The third kappa shape index (κ3) is 3.93. The maximum atomic E-state index is 13.0. The first-order valence-electron chi connectivity index (χ1n) is 10.7. The molecule has 7 atom stereocenters. The van der Waals surface area contributed by atoms with E-state index in [1.807, 2.05) is 19.9 Å². The molecule has 2 aliphatic carbocycles. The van der Waals surface area contributed by atoms with Crippen LogP contribution in [0.3, 0.4) is 0 Å². The van der Waals surface area contributed by atoms with Gasteiger partial charge in [0.25, 0.3) is 0 Å². The number of fused-ring (bicyclic) bond motifs is 2. The van der Waals surface area contributed by atoms with E-state index in [9.17, 15) is 4.79 Å². The third-order valence-electron chi connectivity index (χ3n) is 6.78. The molecule has 0 aromatic heterocycles. The molecule has 148 valence electrons. The van der Waals surface area contributed by atoms with Crippen molar-refractivity contribution in [2.75, 3.05) is 0 Å². The fraction of sp³-hybridized carbons (Fsp3) is 0.696. The van der Waals surface area contributed by atoms with E-state index in [4.69, 9.17) is 9.47 Å². The van der Waals surface area contributed by atoms with Crippen molar-refractivity contribution in [3.63, 3.8) is 0 Å². The highest BCUT2D eigenvalue weighted by molar-refractivity contribution is 8.07. The predicted octanol–water partition coefficient (Wildman–Crippen LogP) is 5.32. The summed E-state index contributed by atoms with van der Waals surface area (Å²) in [5, 5.41) is 1.66. The number of esters is 1. The van der Waals surface area contributed by atoms with Gasteiger partial charge in [-0.3, -0.25) is 4.79 Å². The summed E-state index contributed by atoms with van der Waals surface area (Å²) in [5.74, 6) is 0.424. The molecule has 0 amide bonds. The van der Waals surface area contributed by atoms with Gasteiger partial charge >= 0.3 is 5.97 Å². The van der Waals surface area contributed by atoms with Gasteiger partial charge in [0.1, 0.15) is 5.60 Å². The van der Waals surface area contributed by atoms with Crippen LogP contribution in [-0.4, -0.2) is 28.7 Å². The van der Waals surface area contributed by atoms with Crippen molar-refractivity contribution in [1.29, 1.82) is 0 Å². The van der Waals surface area contributed by atoms with Crippen LogP contribution in [0.15, 0.2) is 30.3 Å². The zero-order chi connectivity index (χ0) is 19.0. The first kappa shape index (κ1) is 19.3. The van der Waals surface area contributed by atoms with E-state index in [-0.39, 0.29) is 11.9 Å². The minimum absolute atomic E-state index is 0.00845. The largest absolute Gasteiger partial charge is 0.454 e. The van der Waals surface area contributed by atoms with E-state index >= 15 is 0 Å². The van der Waals surface area contributed by atoms with Gasteiger partial charge < -0.3 is 9.47 Å². The van der Waals surface area contributed by atoms with Gasteiger partial charge in [0.15, 0.2) is 0 Å². The molecule has 1 aromatic carbocycles. The lowest BCUT2D eigenvalue weighted by molar-refractivity contribution is -0.173. The topological polar surface area (TPSA) is 38.8 Å². The highest BCUT2D eigenvalue weighted by atomic mass is 32.2. The van der Waals surface area contributed by atoms with Gasteiger partial charge in [-0.2, -0.15) is 11.8 Å². The molecule has 27 heavy (non-hydrogen) atoms. The van der Waals surface area contributed by atoms with Crippen molar-refractivity contribution < 1.29 is 14.3 Å². The van der Waals surface area contributed by atoms with Crippen LogP contribution in [0.25, 0.3) is 0 Å². The number of hydrogen-bond acceptors (Lipinski definition) is 4. The summed E-state index contributed by atoms with van der Waals surface area (Å²) in [5.41, 5.74) is 0.641. The molecule has 0 bridgehead atoms. The van der Waals surface area contributed by atoms with Crippen LogP contribution in [0, 0.1) is 11.8 Å². The number of rotatable bonds is 4. The molecule has 4 heteroatoms. The number of carbonyl (C=O) groups excluding carboxylic acids is 1. The number of benzene rings is 1. The second kappa shape index (κ2) is 7.79. The zero-order valence-corrected chi connectivity index (χ0v) is 17.5. The van der Waals surface area contributed by atoms with Crippen LogP contribution in [-0.2, 0) is 19.9 Å². The normalized spacial score (nSPS) is 38.2. The lowest BCUT2D eigenvalue weighted by atomic mass is 9.74. The quantitative estimate of drug-likeness (QED) is 0.517. The van der Waals surface area contributed by atoms with Crippen LogP contribution in [0.1, 0.15) is 64.9 Å². The van der Waals surface area contributed by atoms with E-state index < -0.39 is 5.60 Å². The summed E-state index contributed by atoms with van der Waals surface area (Å²) < 4.78 is 11.9. The minimum atomic E-state index is -0.506. The van der Waals surface area contributed by atoms with Crippen molar-refractivity contribution in [1.82, 2.24) is 0 Å². The molecule has 4 aliphatic rings. The molecule has 2 saturated heterocycles. The first-order valence-corrected chi connectivity index (χ1v) is 11.7. The molecule has 2 heterocycles. The highest BCUT2D eigenvalue weighted by Gasteiger charge is 2.52. The molecule has 4 fully saturated rings. The summed E-state index contributed by atoms with van der Waals surface area (Å²) >= 11 is 2.11. The Morgan fingerprint density at radius 1 is 1.04 bits per heavy atom. The number of epoxide rings is 1. The van der Waals surface area contributed by atoms with Gasteiger partial charge in [0, 0.05) is 16.4 Å². The van der Waals surface area contributed by atoms with Crippen molar-refractivity contribution in [3.8, 4) is 0 Å². The maximum absolute atomic E-state index is 13.0. The summed E-state index contributed by atoms with van der Waals surface area (Å²) in [6.45, 7) is 6.15. The van der Waals surface area contributed by atoms with E-state index in [1.54, 1.807) is 0 Å². The lowest BCUT2D eigenvalue weighted by Crippen LogP contribution is -2.41. The smallest absolute Gasteiger partial charge is 0.309 e. The average molecular weight is 389 g/mol. The Hall–Kier alpha value is -1.00. The van der Waals surface area contributed by atoms with Crippen molar-refractivity contribution in [2.24, 2.45) is 11.8 Å². The Bertz CT molecular complexity index is 663. The van der Waals surface area contributed by atoms with E-state index in [1.165, 1.54) is 12.8 Å². The van der Waals surface area contributed by atoms with Gasteiger partial charge in [0.2, 0.25) is 0 Å². The van der Waals surface area contributed by atoms with Gasteiger partial charge in [0.05, 0.1) is 18.1 Å². The Morgan fingerprint density at radius 3 is 2.52 bits per heavy atom. The second-order valence-electron chi connectivity index (χ2n) is 8.34. The van der Waals surface area contributed by atoms with Gasteiger partial charge in [-0.15, -0.1) is 0 Å². The van der Waals surface area contributed by atoms with Gasteiger partial charge in [-0.25, -0.2) is 0 Å². The molecule has 0 spiro atoms. The van der Waals surface area contributed by atoms with Crippen LogP contribution in [0.2, 0.25) is 0 Å². The first-order chi connectivity index (χ1) is 13.1. The van der Waals surface area contributed by atoms with Gasteiger partial charge in [-0.05, 0) is 51.0 Å². The molecule has 0 radical (unpaired) electrons. The number of ether oxygens (including phenoxy) is 2. The molecular formula is C23H32O3S. The third-order valence-corrected chi connectivity index (χ3v) is 8.25. The number of hydrogen-bond donors (Lipinski definition) is 0. The zero-order valence-electron chi connectivity index (χ0n) is 16.7. The Labute approximate surface area is 167 Å². The fourth-order valence-corrected chi connectivity index (χ4v) is 6.18. The molecule has 2 aliphatic heterocycles. The van der Waals surface area contributed by atoms with Crippen molar-refractivity contribution >= 4 is 17.7 Å². The highest BCUT2D eigenvalue weighted by Crippen LogP contribution is 2.56. The minimum Gasteiger partial charge on any atom is -0.454 e. The van der Waals surface area contributed by atoms with E-state index in [0.29, 0.717) is 18.1 Å². The summed E-state index contributed by atoms with van der Waals surface area (Å²) in [7, 11) is 0. The fourth-order valence-electron chi connectivity index (χ4n) is 4.96. The lowest BCUT2D eigenvalue weighted by Gasteiger charge is -2.40.